The molecule has 1 aliphatic rings. The number of hydrogen-bond donors (Lipinski definition) is 1. The van der Waals surface area contributed by atoms with Crippen LogP contribution in [0.25, 0.3) is 0 Å². The van der Waals surface area contributed by atoms with E-state index in [2.05, 4.69) is 5.32 Å². The number of carbonyl (C=O) groups is 1. The van der Waals surface area contributed by atoms with Crippen LogP contribution in [-0.2, 0) is 22.8 Å². The van der Waals surface area contributed by atoms with Crippen LogP contribution in [0.1, 0.15) is 33.6 Å². The summed E-state index contributed by atoms with van der Waals surface area (Å²) in [7, 11) is -2.55. The van der Waals surface area contributed by atoms with E-state index in [9.17, 15) is 4.79 Å². The minimum atomic E-state index is -2.55. The van der Waals surface area contributed by atoms with Crippen molar-refractivity contribution >= 4 is 14.8 Å². The van der Waals surface area contributed by atoms with Crippen molar-refractivity contribution in [2.75, 3.05) is 33.0 Å². The van der Waals surface area contributed by atoms with Crippen LogP contribution in [-0.4, -0.2) is 53.8 Å². The predicted molar refractivity (Wildman–Crippen MR) is 77.4 cm³/mol. The van der Waals surface area contributed by atoms with Crippen LogP contribution in [0.15, 0.2) is 0 Å². The first-order valence-corrected chi connectivity index (χ1v) is 9.42. The van der Waals surface area contributed by atoms with E-state index in [1.807, 2.05) is 20.8 Å². The van der Waals surface area contributed by atoms with Gasteiger partial charge in [-0.05, 0) is 33.7 Å². The Hall–Kier alpha value is -0.473. The van der Waals surface area contributed by atoms with Gasteiger partial charge in [-0.1, -0.05) is 0 Å². The summed E-state index contributed by atoms with van der Waals surface area (Å²) in [6, 6.07) is 0.606. The molecule has 1 saturated heterocycles. The quantitative estimate of drug-likeness (QED) is 0.353. The number of hydrogen-bond acceptors (Lipinski definition) is 6. The highest BCUT2D eigenvalue weighted by molar-refractivity contribution is 6.60. The van der Waals surface area contributed by atoms with Crippen molar-refractivity contribution in [3.8, 4) is 0 Å². The normalized spacial score (nSPS) is 19.4. The fourth-order valence-electron chi connectivity index (χ4n) is 2.26. The molecule has 0 aromatic carbocycles. The molecular weight excluding hydrogens is 278 g/mol. The van der Waals surface area contributed by atoms with E-state index in [0.717, 1.165) is 25.4 Å². The van der Waals surface area contributed by atoms with Crippen molar-refractivity contribution in [1.29, 1.82) is 0 Å². The van der Waals surface area contributed by atoms with Crippen LogP contribution < -0.4 is 5.32 Å². The summed E-state index contributed by atoms with van der Waals surface area (Å²) in [5, 5.41) is 3.21. The Labute approximate surface area is 122 Å². The molecular formula is C13H27NO5Si. The number of carbonyl (C=O) groups excluding carboxylic acids is 1. The van der Waals surface area contributed by atoms with Crippen LogP contribution >= 0.6 is 0 Å². The minimum Gasteiger partial charge on any atom is -0.464 e. The fraction of sp³-hybridized carbons (Fsp3) is 0.923. The molecule has 0 spiro atoms. The van der Waals surface area contributed by atoms with Gasteiger partial charge in [0.2, 0.25) is 0 Å². The first-order valence-electron chi connectivity index (χ1n) is 7.49. The van der Waals surface area contributed by atoms with E-state index in [1.165, 1.54) is 0 Å². The van der Waals surface area contributed by atoms with E-state index >= 15 is 0 Å². The molecule has 0 bridgehead atoms. The smallest absolute Gasteiger partial charge is 0.464 e. The van der Waals surface area contributed by atoms with Gasteiger partial charge in [0, 0.05) is 32.3 Å². The molecule has 1 heterocycles. The summed E-state index contributed by atoms with van der Waals surface area (Å²) < 4.78 is 22.2. The molecule has 1 N–H and O–H groups in total. The van der Waals surface area contributed by atoms with Gasteiger partial charge in [0.05, 0.1) is 6.61 Å². The van der Waals surface area contributed by atoms with E-state index in [-0.39, 0.29) is 12.0 Å². The molecule has 0 amide bonds. The van der Waals surface area contributed by atoms with Gasteiger partial charge in [-0.2, -0.15) is 0 Å². The van der Waals surface area contributed by atoms with E-state index < -0.39 is 8.80 Å². The number of cyclic esters (lactones) is 1. The Balaban J connectivity index is 2.34. The Morgan fingerprint density at radius 2 is 1.80 bits per heavy atom. The van der Waals surface area contributed by atoms with Crippen molar-refractivity contribution in [3.63, 3.8) is 0 Å². The molecule has 1 rings (SSSR count). The minimum absolute atomic E-state index is 0.145. The molecule has 0 aromatic heterocycles. The average molecular weight is 305 g/mol. The van der Waals surface area contributed by atoms with Crippen LogP contribution in [0, 0.1) is 0 Å². The van der Waals surface area contributed by atoms with Crippen molar-refractivity contribution < 1.29 is 22.8 Å². The molecule has 118 valence electrons. The zero-order valence-electron chi connectivity index (χ0n) is 12.8. The Kier molecular flexibility index (Phi) is 8.32. The highest BCUT2D eigenvalue weighted by Crippen LogP contribution is 2.18. The molecule has 0 aliphatic carbocycles. The van der Waals surface area contributed by atoms with Crippen LogP contribution in [0.5, 0.6) is 0 Å². The first kappa shape index (κ1) is 17.6. The molecule has 6 nitrogen and oxygen atoms in total. The Morgan fingerprint density at radius 1 is 1.20 bits per heavy atom. The second-order valence-electron chi connectivity index (χ2n) is 4.55. The summed E-state index contributed by atoms with van der Waals surface area (Å²) in [6.07, 6.45) is 1.61. The molecule has 1 unspecified atom stereocenters. The number of esters is 1. The standard InChI is InChI=1S/C13H27NO5Si/c1-4-17-20(18-5-2,19-6-3)11-7-9-14-12-8-10-16-13(12)15/h12,14H,4-11H2,1-3H3. The average Bonchev–Trinajstić information content (AvgIpc) is 2.81. The summed E-state index contributed by atoms with van der Waals surface area (Å²) >= 11 is 0. The van der Waals surface area contributed by atoms with Gasteiger partial charge in [-0.3, -0.25) is 4.79 Å². The van der Waals surface area contributed by atoms with Gasteiger partial charge in [0.1, 0.15) is 6.04 Å². The van der Waals surface area contributed by atoms with E-state index in [1.54, 1.807) is 0 Å². The zero-order chi connectivity index (χ0) is 14.8. The van der Waals surface area contributed by atoms with Gasteiger partial charge in [-0.25, -0.2) is 0 Å². The largest absolute Gasteiger partial charge is 0.500 e. The molecule has 1 fully saturated rings. The maximum absolute atomic E-state index is 11.3. The first-order chi connectivity index (χ1) is 9.67. The number of rotatable bonds is 11. The maximum atomic E-state index is 11.3. The third-order valence-corrected chi connectivity index (χ3v) is 6.23. The maximum Gasteiger partial charge on any atom is 0.500 e. The molecule has 0 radical (unpaired) electrons. The predicted octanol–water partition coefficient (Wildman–Crippen LogP) is 1.33. The van der Waals surface area contributed by atoms with Crippen LogP contribution in [0.3, 0.4) is 0 Å². The second-order valence-corrected chi connectivity index (χ2v) is 7.28. The van der Waals surface area contributed by atoms with Gasteiger partial charge in [0.15, 0.2) is 0 Å². The lowest BCUT2D eigenvalue weighted by molar-refractivity contribution is -0.139. The van der Waals surface area contributed by atoms with E-state index in [0.29, 0.717) is 26.4 Å². The summed E-state index contributed by atoms with van der Waals surface area (Å²) in [5.74, 6) is -0.145. The highest BCUT2D eigenvalue weighted by Gasteiger charge is 2.39. The Morgan fingerprint density at radius 3 is 2.25 bits per heavy atom. The van der Waals surface area contributed by atoms with E-state index in [4.69, 9.17) is 18.0 Å². The van der Waals surface area contributed by atoms with Crippen molar-refractivity contribution in [2.24, 2.45) is 0 Å². The molecule has 7 heteroatoms. The molecule has 0 saturated carbocycles. The zero-order valence-corrected chi connectivity index (χ0v) is 13.8. The second kappa shape index (κ2) is 9.46. The summed E-state index contributed by atoms with van der Waals surface area (Å²) in [6.45, 7) is 8.89. The monoisotopic (exact) mass is 305 g/mol. The lowest BCUT2D eigenvalue weighted by atomic mass is 10.2. The third-order valence-electron chi connectivity index (χ3n) is 3.08. The van der Waals surface area contributed by atoms with Crippen molar-refractivity contribution in [1.82, 2.24) is 5.32 Å². The SMILES string of the molecule is CCO[Si](CCCNC1CCOC1=O)(OCC)OCC. The lowest BCUT2D eigenvalue weighted by Crippen LogP contribution is -2.46. The summed E-state index contributed by atoms with van der Waals surface area (Å²) in [4.78, 5) is 11.3. The fourth-order valence-corrected chi connectivity index (χ4v) is 4.88. The number of nitrogens with one attached hydrogen (secondary N) is 1. The van der Waals surface area contributed by atoms with Gasteiger partial charge >= 0.3 is 14.8 Å². The molecule has 20 heavy (non-hydrogen) atoms. The highest BCUT2D eigenvalue weighted by atomic mass is 28.4. The lowest BCUT2D eigenvalue weighted by Gasteiger charge is -2.28. The van der Waals surface area contributed by atoms with Gasteiger partial charge < -0.3 is 23.3 Å². The van der Waals surface area contributed by atoms with Crippen molar-refractivity contribution in [3.05, 3.63) is 0 Å². The van der Waals surface area contributed by atoms with Gasteiger partial charge in [-0.15, -0.1) is 0 Å². The van der Waals surface area contributed by atoms with Gasteiger partial charge in [0.25, 0.3) is 0 Å². The van der Waals surface area contributed by atoms with Crippen molar-refractivity contribution in [2.45, 2.75) is 45.7 Å². The number of ether oxygens (including phenoxy) is 1. The third kappa shape index (κ3) is 5.49. The molecule has 1 aliphatic heterocycles. The van der Waals surface area contributed by atoms with Crippen LogP contribution in [0.2, 0.25) is 6.04 Å². The topological polar surface area (TPSA) is 66.0 Å². The molecule has 0 aromatic rings. The van der Waals surface area contributed by atoms with Crippen LogP contribution in [0.4, 0.5) is 0 Å². The summed E-state index contributed by atoms with van der Waals surface area (Å²) in [5.41, 5.74) is 0. The Bertz CT molecular complexity index is 273. The molecule has 1 atom stereocenters.